The van der Waals surface area contributed by atoms with Crippen molar-refractivity contribution in [3.05, 3.63) is 86.2 Å². The van der Waals surface area contributed by atoms with Gasteiger partial charge in [-0.3, -0.25) is 0 Å². The first-order chi connectivity index (χ1) is 12.4. The molecule has 3 nitrogen and oxygen atoms in total. The summed E-state index contributed by atoms with van der Waals surface area (Å²) in [4.78, 5) is 12.3. The first-order valence-electron chi connectivity index (χ1n) is 7.29. The average molecular weight is 561 g/mol. The van der Waals surface area contributed by atoms with E-state index in [4.69, 9.17) is 15.0 Å². The summed E-state index contributed by atoms with van der Waals surface area (Å²) in [6, 6.07) is 25.5. The van der Waals surface area contributed by atoms with Crippen LogP contribution in [0.5, 0.6) is 0 Å². The van der Waals surface area contributed by atoms with Crippen molar-refractivity contribution in [2.75, 3.05) is 0 Å². The van der Waals surface area contributed by atoms with Gasteiger partial charge in [0.15, 0.2) is 14.7 Å². The van der Waals surface area contributed by atoms with Crippen LogP contribution in [0.1, 0.15) is 0 Å². The minimum absolute atomic E-state index is 0.161. The van der Waals surface area contributed by atoms with Crippen LogP contribution in [0, 0.1) is 0 Å². The number of carbonyl (C=O) groups is 1. The topological polar surface area (TPSA) is 60.4 Å². The number of hydrogen-bond donors (Lipinski definition) is 1. The zero-order valence-corrected chi connectivity index (χ0v) is 18.8. The van der Waals surface area contributed by atoms with Crippen molar-refractivity contribution in [1.29, 1.82) is 0 Å². The van der Waals surface area contributed by atoms with Gasteiger partial charge in [0.2, 0.25) is 6.16 Å². The van der Waals surface area contributed by atoms with Gasteiger partial charge in [-0.1, -0.05) is 52.3 Å². The predicted octanol–water partition coefficient (Wildman–Crippen LogP) is 5.96. The Hall–Kier alpha value is -1.28. The molecule has 7 heteroatoms. The maximum Gasteiger partial charge on any atom is 0.249 e. The summed E-state index contributed by atoms with van der Waals surface area (Å²) in [5.41, 5.74) is 0. The molecule has 26 heavy (non-hydrogen) atoms. The van der Waals surface area contributed by atoms with E-state index in [0.717, 1.165) is 13.4 Å². The van der Waals surface area contributed by atoms with E-state index in [9.17, 15) is 0 Å². The first-order valence-corrected chi connectivity index (χ1v) is 10.9. The molecule has 134 valence electrons. The van der Waals surface area contributed by atoms with E-state index in [0.29, 0.717) is 0 Å². The second-order valence-electron chi connectivity index (χ2n) is 4.90. The molecular weight excluding hydrogens is 548 g/mol. The summed E-state index contributed by atoms with van der Waals surface area (Å²) in [7, 11) is -0.161. The van der Waals surface area contributed by atoms with Gasteiger partial charge in [0.05, 0.1) is 8.95 Å². The van der Waals surface area contributed by atoms with E-state index in [2.05, 4.69) is 121 Å². The monoisotopic (exact) mass is 558 g/mol. The first kappa shape index (κ1) is 21.0. The zero-order valence-electron chi connectivity index (χ0n) is 13.2. The van der Waals surface area contributed by atoms with Crippen LogP contribution in [0.3, 0.4) is 0 Å². The summed E-state index contributed by atoms with van der Waals surface area (Å²) < 4.78 is 3.26. The Morgan fingerprint density at radius 2 is 1.15 bits per heavy atom. The molecule has 0 aromatic heterocycles. The third kappa shape index (κ3) is 5.87. The van der Waals surface area contributed by atoms with Gasteiger partial charge in [0.1, 0.15) is 10.9 Å². The Kier molecular flexibility index (Phi) is 8.21. The molecule has 0 radical (unpaired) electrons. The van der Waals surface area contributed by atoms with E-state index in [1.165, 1.54) is 14.7 Å². The van der Waals surface area contributed by atoms with Crippen molar-refractivity contribution in [3.8, 4) is 0 Å². The molecule has 0 fully saturated rings. The minimum Gasteiger partial charge on any atom is -0.565 e. The van der Waals surface area contributed by atoms with E-state index >= 15 is 0 Å². The van der Waals surface area contributed by atoms with Crippen LogP contribution in [-0.2, 0) is 10.9 Å². The predicted molar refractivity (Wildman–Crippen MR) is 113 cm³/mol. The van der Waals surface area contributed by atoms with Crippen molar-refractivity contribution >= 4 is 64.8 Å². The van der Waals surface area contributed by atoms with Crippen molar-refractivity contribution < 1.29 is 15.0 Å². The van der Waals surface area contributed by atoms with Crippen molar-refractivity contribution in [1.82, 2.24) is 0 Å². The molecule has 3 aromatic carbocycles. The Morgan fingerprint density at radius 3 is 1.50 bits per heavy atom. The number of halogens is 3. The zero-order chi connectivity index (χ0) is 19.1. The lowest BCUT2D eigenvalue weighted by Crippen LogP contribution is -2.17. The van der Waals surface area contributed by atoms with Crippen LogP contribution < -0.4 is 5.11 Å². The summed E-state index contributed by atoms with van der Waals surface area (Å²) in [5, 5.41) is 15.3. The highest BCUT2D eigenvalue weighted by atomic mass is 79.9. The Bertz CT molecular complexity index is 807. The lowest BCUT2D eigenvalue weighted by molar-refractivity contribution is -0.275. The number of hydrogen-bond acceptors (Lipinski definition) is 2. The lowest BCUT2D eigenvalue weighted by atomic mass is 10.4. The molecule has 0 saturated carbocycles. The highest BCUT2D eigenvalue weighted by Crippen LogP contribution is 2.41. The fourth-order valence-electron chi connectivity index (χ4n) is 2.21. The van der Waals surface area contributed by atoms with E-state index in [1.807, 2.05) is 0 Å². The Morgan fingerprint density at radius 1 is 0.808 bits per heavy atom. The van der Waals surface area contributed by atoms with E-state index in [-0.39, 0.29) is 10.9 Å². The maximum absolute atomic E-state index is 8.44. The second-order valence-corrected chi connectivity index (χ2v) is 9.48. The number of benzene rings is 3. The highest BCUT2D eigenvalue weighted by Gasteiger charge is 2.33. The normalized spacial score (nSPS) is 10.2. The largest absolute Gasteiger partial charge is 0.565 e. The molecule has 0 spiro atoms. The molecule has 3 aromatic rings. The summed E-state index contributed by atoms with van der Waals surface area (Å²) >= 11 is 11.0. The molecule has 1 N–H and O–H groups in total. The number of rotatable bonds is 3. The van der Waals surface area contributed by atoms with Gasteiger partial charge in [0.25, 0.3) is 0 Å². The third-order valence-electron chi connectivity index (χ3n) is 3.12. The fourth-order valence-corrected chi connectivity index (χ4v) is 7.55. The standard InChI is InChI=1S/C18H12Br3S.CH2O3/c19-13-11-16(20)18(17(21)12-13)22(14-7-3-1-4-8-14)15-9-5-2-6-10-15;2-1(3)4/h1-12H;(H2,2,3,4)/q+1;/p-1. The van der Waals surface area contributed by atoms with Crippen LogP contribution in [0.2, 0.25) is 0 Å². The molecular formula is C19H13Br3O3S. The lowest BCUT2D eigenvalue weighted by Gasteiger charge is -2.11. The van der Waals surface area contributed by atoms with Crippen LogP contribution in [0.15, 0.2) is 101 Å². The Balaban J connectivity index is 0.000000552. The molecule has 0 amide bonds. The molecule has 0 aliphatic carbocycles. The van der Waals surface area contributed by atoms with Crippen LogP contribution >= 0.6 is 47.8 Å². The Labute approximate surface area is 179 Å². The SMILES string of the molecule is Brc1cc(Br)c([S+](c2ccccc2)c2ccccc2)c(Br)c1.O=C([O-])O. The molecule has 0 atom stereocenters. The van der Waals surface area contributed by atoms with Crippen LogP contribution in [-0.4, -0.2) is 11.3 Å². The molecule has 0 unspecified atom stereocenters. The maximum atomic E-state index is 8.44. The molecule has 0 heterocycles. The van der Waals surface area contributed by atoms with Crippen molar-refractivity contribution in [3.63, 3.8) is 0 Å². The van der Waals surface area contributed by atoms with Gasteiger partial charge in [-0.15, -0.1) is 0 Å². The average Bonchev–Trinajstić information content (AvgIpc) is 2.59. The van der Waals surface area contributed by atoms with E-state index in [1.54, 1.807) is 0 Å². The summed E-state index contributed by atoms with van der Waals surface area (Å²) in [6.07, 6.45) is -2.08. The molecule has 0 aliphatic heterocycles. The van der Waals surface area contributed by atoms with Gasteiger partial charge in [-0.05, 0) is 68.3 Å². The smallest absolute Gasteiger partial charge is 0.249 e. The van der Waals surface area contributed by atoms with E-state index < -0.39 is 6.16 Å². The quantitative estimate of drug-likeness (QED) is 0.402. The van der Waals surface area contributed by atoms with Crippen molar-refractivity contribution in [2.45, 2.75) is 14.7 Å². The molecule has 0 saturated heterocycles. The van der Waals surface area contributed by atoms with Gasteiger partial charge >= 0.3 is 0 Å². The van der Waals surface area contributed by atoms with Gasteiger partial charge < -0.3 is 15.0 Å². The van der Waals surface area contributed by atoms with Gasteiger partial charge in [-0.2, -0.15) is 0 Å². The fraction of sp³-hybridized carbons (Fsp3) is 0. The summed E-state index contributed by atoms with van der Waals surface area (Å²) in [5.74, 6) is 0. The molecule has 3 rings (SSSR count). The minimum atomic E-state index is -2.08. The highest BCUT2D eigenvalue weighted by molar-refractivity contribution is 9.11. The third-order valence-corrected chi connectivity index (χ3v) is 7.69. The van der Waals surface area contributed by atoms with Gasteiger partial charge in [-0.25, -0.2) is 0 Å². The van der Waals surface area contributed by atoms with Gasteiger partial charge in [0, 0.05) is 4.47 Å². The van der Waals surface area contributed by atoms with Crippen LogP contribution in [0.4, 0.5) is 4.79 Å². The molecule has 0 aliphatic rings. The van der Waals surface area contributed by atoms with Crippen molar-refractivity contribution in [2.24, 2.45) is 0 Å². The molecule has 0 bridgehead atoms. The number of carboxylic acid groups (broad SMARTS) is 2. The second kappa shape index (κ2) is 10.2. The summed E-state index contributed by atoms with van der Waals surface area (Å²) in [6.45, 7) is 0. The van der Waals surface area contributed by atoms with Crippen LogP contribution in [0.25, 0.3) is 0 Å².